The summed E-state index contributed by atoms with van der Waals surface area (Å²) < 4.78 is 46.9. The number of benzene rings is 2. The molecule has 1 aliphatic heterocycles. The number of morpholine rings is 1. The number of nitrogens with one attached hydrogen (secondary N) is 3. The second-order valence-electron chi connectivity index (χ2n) is 9.97. The van der Waals surface area contributed by atoms with Crippen molar-refractivity contribution in [2.75, 3.05) is 42.3 Å². The summed E-state index contributed by atoms with van der Waals surface area (Å²) >= 11 is 5.69. The number of hydrogen-bond acceptors (Lipinski definition) is 7. The van der Waals surface area contributed by atoms with Crippen LogP contribution in [0, 0.1) is 6.92 Å². The van der Waals surface area contributed by atoms with E-state index in [0.717, 1.165) is 48.6 Å². The van der Waals surface area contributed by atoms with Crippen LogP contribution in [0.2, 0.25) is 5.02 Å². The molecule has 2 aromatic carbocycles. The number of urea groups is 1. The number of anilines is 4. The summed E-state index contributed by atoms with van der Waals surface area (Å²) in [6.45, 7) is 7.53. The van der Waals surface area contributed by atoms with Gasteiger partial charge in [-0.05, 0) is 49.2 Å². The molecular weight excluding hydrogens is 585 g/mol. The molecule has 10 nitrogen and oxygen atoms in total. The highest BCUT2D eigenvalue weighted by Crippen LogP contribution is 2.36. The van der Waals surface area contributed by atoms with Gasteiger partial charge in [-0.3, -0.25) is 4.90 Å². The van der Waals surface area contributed by atoms with Crippen molar-refractivity contribution in [3.63, 3.8) is 0 Å². The maximum Gasteiger partial charge on any atom is 0.417 e. The Kier molecular flexibility index (Phi) is 9.14. The number of aryl methyl sites for hydroxylation is 2. The minimum atomic E-state index is -4.65. The molecule has 2 aromatic heterocycles. The third-order valence-corrected chi connectivity index (χ3v) is 7.16. The molecule has 226 valence electrons. The van der Waals surface area contributed by atoms with Gasteiger partial charge in [-0.15, -0.1) is 0 Å². The number of rotatable bonds is 8. The van der Waals surface area contributed by atoms with Crippen LogP contribution >= 0.6 is 11.6 Å². The maximum absolute atomic E-state index is 13.2. The SMILES string of the molecule is CCc1cc(-n2nc(CN3CCOCC3)cc2Nc2cc(NC(=O)Nc3ccc(Cl)c(C(F)(F)F)c3)ccc2C)ncn1. The molecule has 1 aliphatic rings. The van der Waals surface area contributed by atoms with E-state index in [1.165, 1.54) is 12.4 Å². The summed E-state index contributed by atoms with van der Waals surface area (Å²) in [6, 6.07) is 11.5. The van der Waals surface area contributed by atoms with Crippen LogP contribution in [0.5, 0.6) is 0 Å². The molecule has 0 atom stereocenters. The molecule has 0 saturated carbocycles. The van der Waals surface area contributed by atoms with Crippen LogP contribution in [-0.4, -0.2) is 57.0 Å². The Bertz CT molecular complexity index is 1610. The van der Waals surface area contributed by atoms with Gasteiger partial charge in [0.1, 0.15) is 12.1 Å². The van der Waals surface area contributed by atoms with Gasteiger partial charge in [0.15, 0.2) is 5.82 Å². The van der Waals surface area contributed by atoms with Gasteiger partial charge < -0.3 is 20.7 Å². The number of alkyl halides is 3. The van der Waals surface area contributed by atoms with E-state index in [1.54, 1.807) is 16.8 Å². The van der Waals surface area contributed by atoms with Crippen LogP contribution in [0.25, 0.3) is 5.82 Å². The summed E-state index contributed by atoms with van der Waals surface area (Å²) in [5.74, 6) is 1.27. The van der Waals surface area contributed by atoms with Gasteiger partial charge >= 0.3 is 12.2 Å². The zero-order valence-electron chi connectivity index (χ0n) is 23.5. The van der Waals surface area contributed by atoms with Gasteiger partial charge in [0, 0.05) is 54.5 Å². The van der Waals surface area contributed by atoms with Crippen molar-refractivity contribution in [2.24, 2.45) is 0 Å². The standard InChI is InChI=1S/C29H30ClF3N8O2/c1-3-19-14-26(35-17-34-19)41-27(15-22(39-41)16-40-8-10-43-11-9-40)38-25-13-21(5-4-18(25)2)37-28(42)36-20-6-7-24(30)23(12-20)29(31,32)33/h4-7,12-15,17,38H,3,8-11,16H2,1-2H3,(H2,36,37,42). The van der Waals surface area contributed by atoms with E-state index in [9.17, 15) is 18.0 Å². The average Bonchev–Trinajstić information content (AvgIpc) is 3.37. The van der Waals surface area contributed by atoms with Crippen LogP contribution in [-0.2, 0) is 23.9 Å². The summed E-state index contributed by atoms with van der Waals surface area (Å²) in [5, 5.41) is 12.9. The first kappa shape index (κ1) is 30.3. The lowest BCUT2D eigenvalue weighted by Crippen LogP contribution is -2.35. The van der Waals surface area contributed by atoms with Crippen molar-refractivity contribution in [3.8, 4) is 5.82 Å². The first-order chi connectivity index (χ1) is 20.6. The highest BCUT2D eigenvalue weighted by Gasteiger charge is 2.33. The lowest BCUT2D eigenvalue weighted by atomic mass is 10.1. The zero-order valence-corrected chi connectivity index (χ0v) is 24.3. The summed E-state index contributed by atoms with van der Waals surface area (Å²) in [7, 11) is 0. The van der Waals surface area contributed by atoms with Crippen LogP contribution < -0.4 is 16.0 Å². The van der Waals surface area contributed by atoms with Crippen molar-refractivity contribution in [1.82, 2.24) is 24.6 Å². The minimum absolute atomic E-state index is 0.0484. The molecule has 4 aromatic rings. The first-order valence-corrected chi connectivity index (χ1v) is 14.0. The highest BCUT2D eigenvalue weighted by atomic mass is 35.5. The lowest BCUT2D eigenvalue weighted by molar-refractivity contribution is -0.137. The van der Waals surface area contributed by atoms with Crippen molar-refractivity contribution in [1.29, 1.82) is 0 Å². The Morgan fingerprint density at radius 3 is 2.44 bits per heavy atom. The smallest absolute Gasteiger partial charge is 0.379 e. The van der Waals surface area contributed by atoms with E-state index in [2.05, 4.69) is 30.8 Å². The van der Waals surface area contributed by atoms with Crippen LogP contribution in [0.4, 0.5) is 40.8 Å². The van der Waals surface area contributed by atoms with E-state index in [-0.39, 0.29) is 5.69 Å². The quantitative estimate of drug-likeness (QED) is 0.210. The van der Waals surface area contributed by atoms with Gasteiger partial charge in [0.05, 0.1) is 29.5 Å². The van der Waals surface area contributed by atoms with Crippen molar-refractivity contribution < 1.29 is 22.7 Å². The van der Waals surface area contributed by atoms with Gasteiger partial charge in [0.2, 0.25) is 0 Å². The van der Waals surface area contributed by atoms with Gasteiger partial charge in [-0.1, -0.05) is 24.6 Å². The molecule has 5 rings (SSSR count). The molecule has 1 fully saturated rings. The average molecular weight is 615 g/mol. The molecule has 3 N–H and O–H groups in total. The highest BCUT2D eigenvalue weighted by molar-refractivity contribution is 6.31. The molecule has 0 aliphatic carbocycles. The number of aromatic nitrogens is 4. The number of hydrogen-bond donors (Lipinski definition) is 3. The van der Waals surface area contributed by atoms with Crippen LogP contribution in [0.1, 0.15) is 29.4 Å². The van der Waals surface area contributed by atoms with Crippen LogP contribution in [0.3, 0.4) is 0 Å². The monoisotopic (exact) mass is 614 g/mol. The topological polar surface area (TPSA) is 109 Å². The van der Waals surface area contributed by atoms with Crippen LogP contribution in [0.15, 0.2) is 54.9 Å². The zero-order chi connectivity index (χ0) is 30.6. The second kappa shape index (κ2) is 13.0. The number of ether oxygens (including phenoxy) is 1. The lowest BCUT2D eigenvalue weighted by Gasteiger charge is -2.25. The van der Waals surface area contributed by atoms with E-state index in [0.29, 0.717) is 42.8 Å². The Hall–Kier alpha value is -4.20. The number of carbonyl (C=O) groups is 1. The Morgan fingerprint density at radius 1 is 1.00 bits per heavy atom. The fourth-order valence-electron chi connectivity index (χ4n) is 4.54. The maximum atomic E-state index is 13.2. The first-order valence-electron chi connectivity index (χ1n) is 13.6. The number of carbonyl (C=O) groups excluding carboxylic acids is 1. The molecule has 0 unspecified atom stereocenters. The third kappa shape index (κ3) is 7.61. The van der Waals surface area contributed by atoms with E-state index >= 15 is 0 Å². The molecule has 0 radical (unpaired) electrons. The predicted molar refractivity (Wildman–Crippen MR) is 158 cm³/mol. The summed E-state index contributed by atoms with van der Waals surface area (Å²) in [4.78, 5) is 23.7. The third-order valence-electron chi connectivity index (χ3n) is 6.83. The van der Waals surface area contributed by atoms with Gasteiger partial charge in [0.25, 0.3) is 0 Å². The van der Waals surface area contributed by atoms with Crippen molar-refractivity contribution in [3.05, 3.63) is 82.4 Å². The molecule has 3 heterocycles. The largest absolute Gasteiger partial charge is 0.417 e. The number of halogens is 4. The fraction of sp³-hybridized carbons (Fsp3) is 0.310. The van der Waals surface area contributed by atoms with Gasteiger partial charge in [-0.25, -0.2) is 14.8 Å². The van der Waals surface area contributed by atoms with E-state index in [4.69, 9.17) is 21.4 Å². The summed E-state index contributed by atoms with van der Waals surface area (Å²) in [6.07, 6.45) is -2.40. The van der Waals surface area contributed by atoms with Gasteiger partial charge in [-0.2, -0.15) is 23.0 Å². The Morgan fingerprint density at radius 2 is 1.72 bits per heavy atom. The van der Waals surface area contributed by atoms with Crippen molar-refractivity contribution >= 4 is 40.5 Å². The molecule has 0 spiro atoms. The fourth-order valence-corrected chi connectivity index (χ4v) is 4.77. The normalized spacial score (nSPS) is 14.0. The predicted octanol–water partition coefficient (Wildman–Crippen LogP) is 6.43. The molecule has 43 heavy (non-hydrogen) atoms. The van der Waals surface area contributed by atoms with E-state index in [1.807, 2.05) is 32.0 Å². The Labute approximate surface area is 251 Å². The second-order valence-corrected chi connectivity index (χ2v) is 10.4. The number of nitrogens with zero attached hydrogens (tertiary/aromatic N) is 5. The summed E-state index contributed by atoms with van der Waals surface area (Å²) in [5.41, 5.74) is 2.63. The number of amides is 2. The molecule has 1 saturated heterocycles. The van der Waals surface area contributed by atoms with E-state index < -0.39 is 22.8 Å². The molecule has 14 heteroatoms. The Balaban J connectivity index is 1.37. The molecular formula is C29H30ClF3N8O2. The molecule has 2 amide bonds. The minimum Gasteiger partial charge on any atom is -0.379 e. The van der Waals surface area contributed by atoms with Crippen molar-refractivity contribution in [2.45, 2.75) is 33.0 Å². The molecule has 0 bridgehead atoms.